The molecule has 1 N–H and O–H groups in total. The average molecular weight is 422 g/mol. The van der Waals surface area contributed by atoms with E-state index in [4.69, 9.17) is 18.9 Å². The third-order valence-electron chi connectivity index (χ3n) is 6.10. The maximum absolute atomic E-state index is 12.6. The zero-order valence-corrected chi connectivity index (χ0v) is 18.2. The smallest absolute Gasteiger partial charge is 0.338 e. The van der Waals surface area contributed by atoms with Crippen molar-refractivity contribution in [1.29, 1.82) is 0 Å². The highest BCUT2D eigenvalue weighted by atomic mass is 16.5. The van der Waals surface area contributed by atoms with Crippen molar-refractivity contribution >= 4 is 5.97 Å². The molecule has 1 fully saturated rings. The lowest BCUT2D eigenvalue weighted by molar-refractivity contribution is 0.0486. The summed E-state index contributed by atoms with van der Waals surface area (Å²) in [5, 5.41) is 10.3. The molecule has 0 radical (unpaired) electrons. The van der Waals surface area contributed by atoms with Gasteiger partial charge in [-0.05, 0) is 76.1 Å². The zero-order valence-electron chi connectivity index (χ0n) is 18.2. The summed E-state index contributed by atoms with van der Waals surface area (Å²) < 4.78 is 22.2. The van der Waals surface area contributed by atoms with Crippen molar-refractivity contribution in [3.05, 3.63) is 17.7 Å². The van der Waals surface area contributed by atoms with Crippen LogP contribution < -0.4 is 14.2 Å². The molecule has 1 saturated heterocycles. The summed E-state index contributed by atoms with van der Waals surface area (Å²) in [6.45, 7) is 3.95. The lowest BCUT2D eigenvalue weighted by Gasteiger charge is -2.32. The van der Waals surface area contributed by atoms with Gasteiger partial charge in [-0.15, -0.1) is 0 Å². The molecule has 1 aromatic rings. The number of esters is 1. The Balaban J connectivity index is 1.72. The molecule has 3 aliphatic heterocycles. The standard InChI is InChI=1S/C23H35NO6/c1-27-20-15-18-16-21(22(20)28-2)29-13-4-6-19(25)9-12-24-10-7-17(8-11-24)5-3-14-30-23(18)26/h15-17,19,25H,3-14H2,1-2H3. The van der Waals surface area contributed by atoms with Crippen molar-refractivity contribution in [3.8, 4) is 17.2 Å². The number of nitrogens with zero attached hydrogens (tertiary/aromatic N) is 1. The molecular formula is C23H35NO6. The first kappa shape index (κ1) is 22.7. The van der Waals surface area contributed by atoms with Gasteiger partial charge in [0.25, 0.3) is 0 Å². The van der Waals surface area contributed by atoms with E-state index in [1.807, 2.05) is 0 Å². The molecule has 7 heteroatoms. The number of methoxy groups -OCH3 is 2. The molecule has 7 nitrogen and oxygen atoms in total. The van der Waals surface area contributed by atoms with E-state index >= 15 is 0 Å². The number of hydrogen-bond donors (Lipinski definition) is 1. The second-order valence-electron chi connectivity index (χ2n) is 8.21. The van der Waals surface area contributed by atoms with Gasteiger partial charge >= 0.3 is 5.97 Å². The van der Waals surface area contributed by atoms with E-state index in [0.29, 0.717) is 54.8 Å². The van der Waals surface area contributed by atoms with Gasteiger partial charge in [0.2, 0.25) is 5.75 Å². The summed E-state index contributed by atoms with van der Waals surface area (Å²) in [7, 11) is 3.07. The molecule has 0 aliphatic carbocycles. The molecule has 1 aromatic carbocycles. The second-order valence-corrected chi connectivity index (χ2v) is 8.21. The van der Waals surface area contributed by atoms with Gasteiger partial charge < -0.3 is 29.0 Å². The van der Waals surface area contributed by atoms with E-state index in [1.54, 1.807) is 12.1 Å². The average Bonchev–Trinajstić information content (AvgIpc) is 2.77. The minimum absolute atomic E-state index is 0.328. The Bertz CT molecular complexity index is 687. The molecule has 4 rings (SSSR count). The lowest BCUT2D eigenvalue weighted by Crippen LogP contribution is -2.35. The fourth-order valence-corrected chi connectivity index (χ4v) is 4.25. The summed E-state index contributed by atoms with van der Waals surface area (Å²) in [5.41, 5.74) is 0.383. The second kappa shape index (κ2) is 11.4. The van der Waals surface area contributed by atoms with Crippen molar-refractivity contribution in [2.75, 3.05) is 47.1 Å². The number of aliphatic hydroxyl groups excluding tert-OH is 1. The summed E-state index contributed by atoms with van der Waals surface area (Å²) >= 11 is 0. The number of aliphatic hydroxyl groups is 1. The number of carbonyl (C=O) groups is 1. The van der Waals surface area contributed by atoms with Crippen LogP contribution in [0.5, 0.6) is 17.2 Å². The molecule has 0 amide bonds. The van der Waals surface area contributed by atoms with E-state index in [9.17, 15) is 9.90 Å². The van der Waals surface area contributed by atoms with Crippen LogP contribution in [-0.2, 0) is 4.74 Å². The summed E-state index contributed by atoms with van der Waals surface area (Å²) in [4.78, 5) is 15.0. The summed E-state index contributed by atoms with van der Waals surface area (Å²) in [6, 6.07) is 3.26. The molecule has 30 heavy (non-hydrogen) atoms. The Morgan fingerprint density at radius 2 is 1.63 bits per heavy atom. The van der Waals surface area contributed by atoms with Gasteiger partial charge in [-0.1, -0.05) is 0 Å². The van der Waals surface area contributed by atoms with Crippen LogP contribution in [0.3, 0.4) is 0 Å². The molecular weight excluding hydrogens is 386 g/mol. The zero-order chi connectivity index (χ0) is 21.3. The Kier molecular flexibility index (Phi) is 8.63. The molecule has 0 aromatic heterocycles. The van der Waals surface area contributed by atoms with Crippen molar-refractivity contribution in [2.45, 2.75) is 51.0 Å². The fourth-order valence-electron chi connectivity index (χ4n) is 4.25. The number of carbonyl (C=O) groups excluding carboxylic acids is 1. The highest BCUT2D eigenvalue weighted by Gasteiger charge is 2.21. The molecule has 3 aliphatic rings. The van der Waals surface area contributed by atoms with Gasteiger partial charge in [0.05, 0.1) is 39.1 Å². The van der Waals surface area contributed by atoms with Crippen molar-refractivity contribution in [3.63, 3.8) is 0 Å². The topological polar surface area (TPSA) is 77.5 Å². The minimum atomic E-state index is -0.385. The summed E-state index contributed by atoms with van der Waals surface area (Å²) in [6.07, 6.45) is 6.15. The monoisotopic (exact) mass is 421 g/mol. The van der Waals surface area contributed by atoms with Gasteiger partial charge in [0.15, 0.2) is 11.5 Å². The SMILES string of the molecule is COc1cc2cc(c1OC)OCCCC(O)CCN1CCC(CCCOC2=O)CC1. The van der Waals surface area contributed by atoms with Gasteiger partial charge in [-0.25, -0.2) is 4.79 Å². The van der Waals surface area contributed by atoms with Crippen LogP contribution in [0.25, 0.3) is 0 Å². The van der Waals surface area contributed by atoms with Gasteiger partial charge in [0.1, 0.15) is 0 Å². The number of benzene rings is 1. The Hall–Kier alpha value is -1.99. The quantitative estimate of drug-likeness (QED) is 0.734. The highest BCUT2D eigenvalue weighted by molar-refractivity contribution is 5.91. The largest absolute Gasteiger partial charge is 0.493 e. The Morgan fingerprint density at radius 3 is 2.37 bits per heavy atom. The Morgan fingerprint density at radius 1 is 0.933 bits per heavy atom. The third kappa shape index (κ3) is 6.25. The van der Waals surface area contributed by atoms with E-state index in [0.717, 1.165) is 38.9 Å². The van der Waals surface area contributed by atoms with Crippen LogP contribution in [0.2, 0.25) is 0 Å². The van der Waals surface area contributed by atoms with Crippen LogP contribution in [0.15, 0.2) is 12.1 Å². The van der Waals surface area contributed by atoms with E-state index in [-0.39, 0.29) is 12.1 Å². The van der Waals surface area contributed by atoms with Crippen LogP contribution in [0, 0.1) is 5.92 Å². The molecule has 1 atom stereocenters. The highest BCUT2D eigenvalue weighted by Crippen LogP contribution is 2.39. The first-order valence-corrected chi connectivity index (χ1v) is 11.1. The number of rotatable bonds is 2. The van der Waals surface area contributed by atoms with Crippen molar-refractivity contribution < 1.29 is 28.8 Å². The van der Waals surface area contributed by atoms with E-state index in [2.05, 4.69) is 4.90 Å². The molecule has 4 bridgehead atoms. The maximum atomic E-state index is 12.6. The molecule has 0 saturated carbocycles. The van der Waals surface area contributed by atoms with Crippen molar-refractivity contribution in [1.82, 2.24) is 4.90 Å². The van der Waals surface area contributed by atoms with Crippen LogP contribution in [0.1, 0.15) is 55.3 Å². The first-order chi connectivity index (χ1) is 14.6. The van der Waals surface area contributed by atoms with Crippen LogP contribution >= 0.6 is 0 Å². The Labute approximate surface area is 179 Å². The molecule has 3 heterocycles. The molecule has 1 unspecified atom stereocenters. The summed E-state index contributed by atoms with van der Waals surface area (Å²) in [5.74, 6) is 1.63. The number of piperidine rings is 1. The lowest BCUT2D eigenvalue weighted by atomic mass is 9.92. The predicted molar refractivity (Wildman–Crippen MR) is 114 cm³/mol. The van der Waals surface area contributed by atoms with Gasteiger partial charge in [-0.2, -0.15) is 0 Å². The number of hydrogen-bond acceptors (Lipinski definition) is 7. The third-order valence-corrected chi connectivity index (χ3v) is 6.10. The number of ether oxygens (including phenoxy) is 4. The van der Waals surface area contributed by atoms with Crippen LogP contribution in [0.4, 0.5) is 0 Å². The predicted octanol–water partition coefficient (Wildman–Crippen LogP) is 3.28. The normalized spacial score (nSPS) is 26.5. The van der Waals surface area contributed by atoms with Crippen molar-refractivity contribution in [2.24, 2.45) is 5.92 Å². The van der Waals surface area contributed by atoms with Gasteiger partial charge in [0, 0.05) is 6.54 Å². The minimum Gasteiger partial charge on any atom is -0.493 e. The van der Waals surface area contributed by atoms with Crippen LogP contribution in [-0.4, -0.2) is 69.1 Å². The molecule has 168 valence electrons. The van der Waals surface area contributed by atoms with E-state index in [1.165, 1.54) is 27.1 Å². The van der Waals surface area contributed by atoms with Gasteiger partial charge in [-0.3, -0.25) is 0 Å². The maximum Gasteiger partial charge on any atom is 0.338 e. The first-order valence-electron chi connectivity index (χ1n) is 11.1. The van der Waals surface area contributed by atoms with E-state index < -0.39 is 0 Å². The fraction of sp³-hybridized carbons (Fsp3) is 0.696. The molecule has 0 spiro atoms. The number of fused-ring (bicyclic) bond motifs is 12.